The van der Waals surface area contributed by atoms with E-state index in [0.29, 0.717) is 34.4 Å². The molecule has 8 heteroatoms. The van der Waals surface area contributed by atoms with Crippen LogP contribution in [0, 0.1) is 0 Å². The van der Waals surface area contributed by atoms with E-state index in [9.17, 15) is 0 Å². The lowest BCUT2D eigenvalue weighted by atomic mass is 10.6. The summed E-state index contributed by atoms with van der Waals surface area (Å²) in [6.45, 7) is 2.87. The van der Waals surface area contributed by atoms with Gasteiger partial charge in [0.1, 0.15) is 23.1 Å². The van der Waals surface area contributed by atoms with Crippen molar-refractivity contribution in [2.75, 3.05) is 6.61 Å². The second-order valence-electron chi connectivity index (χ2n) is 2.97. The molecule has 6 nitrogen and oxygen atoms in total. The number of nitrogens with zero attached hydrogens (tertiary/aromatic N) is 4. The van der Waals surface area contributed by atoms with E-state index in [1.54, 1.807) is 6.07 Å². The van der Waals surface area contributed by atoms with Crippen LogP contribution in [0.5, 0.6) is 0 Å². The van der Waals surface area contributed by atoms with Gasteiger partial charge in [-0.15, -0.1) is 0 Å². The van der Waals surface area contributed by atoms with Crippen molar-refractivity contribution in [3.8, 4) is 0 Å². The highest BCUT2D eigenvalue weighted by Gasteiger charge is 2.06. The van der Waals surface area contributed by atoms with E-state index in [0.717, 1.165) is 0 Å². The SMILES string of the molecule is CCOCc1nc(Cl)cc(Sc2ncn[nH]2)n1. The number of hydrogen-bond acceptors (Lipinski definition) is 6. The summed E-state index contributed by atoms with van der Waals surface area (Å²) in [4.78, 5) is 12.4. The fourth-order valence-electron chi connectivity index (χ4n) is 1.09. The van der Waals surface area contributed by atoms with Gasteiger partial charge in [-0.05, 0) is 18.7 Å². The Balaban J connectivity index is 2.13. The van der Waals surface area contributed by atoms with Crippen molar-refractivity contribution in [3.63, 3.8) is 0 Å². The maximum absolute atomic E-state index is 5.90. The zero-order valence-electron chi connectivity index (χ0n) is 9.05. The minimum absolute atomic E-state index is 0.348. The second kappa shape index (κ2) is 5.95. The van der Waals surface area contributed by atoms with E-state index in [2.05, 4.69) is 25.1 Å². The molecule has 0 fully saturated rings. The van der Waals surface area contributed by atoms with Crippen molar-refractivity contribution in [2.24, 2.45) is 0 Å². The van der Waals surface area contributed by atoms with Crippen LogP contribution in [0.25, 0.3) is 0 Å². The van der Waals surface area contributed by atoms with Gasteiger partial charge in [0, 0.05) is 12.7 Å². The molecule has 0 saturated heterocycles. The van der Waals surface area contributed by atoms with E-state index in [4.69, 9.17) is 16.3 Å². The fourth-order valence-corrected chi connectivity index (χ4v) is 2.08. The lowest BCUT2D eigenvalue weighted by molar-refractivity contribution is 0.128. The highest BCUT2D eigenvalue weighted by atomic mass is 35.5. The van der Waals surface area contributed by atoms with Crippen LogP contribution < -0.4 is 0 Å². The number of halogens is 1. The third-order valence-electron chi connectivity index (χ3n) is 1.75. The van der Waals surface area contributed by atoms with Gasteiger partial charge in [0.2, 0.25) is 0 Å². The summed E-state index contributed by atoms with van der Waals surface area (Å²) in [5, 5.41) is 8.24. The first kappa shape index (κ1) is 12.3. The van der Waals surface area contributed by atoms with Crippen LogP contribution in [0.15, 0.2) is 22.6 Å². The Morgan fingerprint density at radius 2 is 2.35 bits per heavy atom. The monoisotopic (exact) mass is 271 g/mol. The molecule has 90 valence electrons. The molecule has 2 rings (SSSR count). The molecule has 0 bridgehead atoms. The van der Waals surface area contributed by atoms with E-state index in [1.165, 1.54) is 18.1 Å². The van der Waals surface area contributed by atoms with Crippen LogP contribution in [0.1, 0.15) is 12.7 Å². The molecule has 1 N–H and O–H groups in total. The first-order valence-electron chi connectivity index (χ1n) is 4.92. The molecule has 0 aromatic carbocycles. The van der Waals surface area contributed by atoms with Crippen molar-refractivity contribution in [1.29, 1.82) is 0 Å². The molecule has 2 aromatic rings. The van der Waals surface area contributed by atoms with Gasteiger partial charge >= 0.3 is 0 Å². The molecule has 2 heterocycles. The lowest BCUT2D eigenvalue weighted by Crippen LogP contribution is -2.00. The average molecular weight is 272 g/mol. The predicted octanol–water partition coefficient (Wildman–Crippen LogP) is 1.94. The Kier molecular flexibility index (Phi) is 4.29. The van der Waals surface area contributed by atoms with E-state index < -0.39 is 0 Å². The minimum Gasteiger partial charge on any atom is -0.374 e. The smallest absolute Gasteiger partial charge is 0.189 e. The number of H-pyrrole nitrogens is 1. The molecule has 0 aliphatic heterocycles. The predicted molar refractivity (Wildman–Crippen MR) is 62.9 cm³/mol. The summed E-state index contributed by atoms with van der Waals surface area (Å²) in [6, 6.07) is 1.67. The van der Waals surface area contributed by atoms with Crippen molar-refractivity contribution < 1.29 is 4.74 Å². The summed E-state index contributed by atoms with van der Waals surface area (Å²) in [7, 11) is 0. The van der Waals surface area contributed by atoms with Crippen LogP contribution in [0.3, 0.4) is 0 Å². The highest BCUT2D eigenvalue weighted by Crippen LogP contribution is 2.23. The number of ether oxygens (including phenoxy) is 1. The average Bonchev–Trinajstić information content (AvgIpc) is 2.78. The molecule has 2 aromatic heterocycles. The van der Waals surface area contributed by atoms with Crippen molar-refractivity contribution >= 4 is 23.4 Å². The van der Waals surface area contributed by atoms with Crippen molar-refractivity contribution in [1.82, 2.24) is 25.1 Å². The van der Waals surface area contributed by atoms with Gasteiger partial charge in [0.15, 0.2) is 11.0 Å². The Morgan fingerprint density at radius 1 is 1.47 bits per heavy atom. The Bertz CT molecular complexity index is 478. The topological polar surface area (TPSA) is 76.6 Å². The van der Waals surface area contributed by atoms with E-state index in [-0.39, 0.29) is 0 Å². The number of nitrogens with one attached hydrogen (secondary N) is 1. The Labute approximate surface area is 107 Å². The first-order valence-corrected chi connectivity index (χ1v) is 6.12. The molecule has 0 atom stereocenters. The molecule has 0 saturated carbocycles. The molecule has 0 aliphatic rings. The van der Waals surface area contributed by atoms with E-state index >= 15 is 0 Å². The highest BCUT2D eigenvalue weighted by molar-refractivity contribution is 7.99. The number of hydrogen-bond donors (Lipinski definition) is 1. The standard InChI is InChI=1S/C9H10ClN5OS/c1-2-16-4-7-13-6(10)3-8(14-7)17-9-11-5-12-15-9/h3,5H,2,4H2,1H3,(H,11,12,15). The maximum atomic E-state index is 5.90. The van der Waals surface area contributed by atoms with Crippen LogP contribution in [-0.4, -0.2) is 31.8 Å². The molecule has 0 unspecified atom stereocenters. The number of aromatic amines is 1. The van der Waals surface area contributed by atoms with Crippen LogP contribution in [-0.2, 0) is 11.3 Å². The van der Waals surface area contributed by atoms with Gasteiger partial charge in [-0.3, -0.25) is 5.10 Å². The third-order valence-corrected chi connectivity index (χ3v) is 2.75. The van der Waals surface area contributed by atoms with Gasteiger partial charge in [0.05, 0.1) is 0 Å². The molecule has 0 spiro atoms. The quantitative estimate of drug-likeness (QED) is 0.838. The fraction of sp³-hybridized carbons (Fsp3) is 0.333. The van der Waals surface area contributed by atoms with Crippen molar-refractivity contribution in [3.05, 3.63) is 23.4 Å². The summed E-state index contributed by atoms with van der Waals surface area (Å²) >= 11 is 7.24. The maximum Gasteiger partial charge on any atom is 0.189 e. The van der Waals surface area contributed by atoms with Gasteiger partial charge < -0.3 is 4.74 Å². The van der Waals surface area contributed by atoms with Gasteiger partial charge in [0.25, 0.3) is 0 Å². The van der Waals surface area contributed by atoms with Crippen LogP contribution >= 0.6 is 23.4 Å². The van der Waals surface area contributed by atoms with Gasteiger partial charge in [-0.1, -0.05) is 11.6 Å². The lowest BCUT2D eigenvalue weighted by Gasteiger charge is -2.03. The summed E-state index contributed by atoms with van der Waals surface area (Å²) in [6.07, 6.45) is 1.44. The van der Waals surface area contributed by atoms with Crippen LogP contribution in [0.2, 0.25) is 5.15 Å². The van der Waals surface area contributed by atoms with Crippen molar-refractivity contribution in [2.45, 2.75) is 23.7 Å². The Hall–Kier alpha value is -1.18. The number of aromatic nitrogens is 5. The molecule has 17 heavy (non-hydrogen) atoms. The Morgan fingerprint density at radius 3 is 3.06 bits per heavy atom. The molecule has 0 amide bonds. The van der Waals surface area contributed by atoms with Crippen LogP contribution in [0.4, 0.5) is 0 Å². The first-order chi connectivity index (χ1) is 8.28. The molecular formula is C9H10ClN5OS. The zero-order chi connectivity index (χ0) is 12.1. The summed E-state index contributed by atoms with van der Waals surface area (Å²) in [5.41, 5.74) is 0. The van der Waals surface area contributed by atoms with Gasteiger partial charge in [-0.2, -0.15) is 5.10 Å². The summed E-state index contributed by atoms with van der Waals surface area (Å²) in [5.74, 6) is 0.557. The zero-order valence-corrected chi connectivity index (χ0v) is 10.6. The second-order valence-corrected chi connectivity index (χ2v) is 4.37. The third kappa shape index (κ3) is 3.65. The normalized spacial score (nSPS) is 10.7. The largest absolute Gasteiger partial charge is 0.374 e. The molecular weight excluding hydrogens is 262 g/mol. The van der Waals surface area contributed by atoms with Gasteiger partial charge in [-0.25, -0.2) is 15.0 Å². The van der Waals surface area contributed by atoms with E-state index in [1.807, 2.05) is 6.92 Å². The number of rotatable bonds is 5. The summed E-state index contributed by atoms with van der Waals surface area (Å²) < 4.78 is 5.24. The minimum atomic E-state index is 0.348. The molecule has 0 radical (unpaired) electrons. The molecule has 0 aliphatic carbocycles.